The third kappa shape index (κ3) is 4.97. The predicted octanol–water partition coefficient (Wildman–Crippen LogP) is 3.26. The molecule has 4 atom stereocenters. The molecule has 0 spiro atoms. The van der Waals surface area contributed by atoms with E-state index in [1.54, 1.807) is 0 Å². The van der Waals surface area contributed by atoms with Gasteiger partial charge in [0.15, 0.2) is 0 Å². The number of para-hydroxylation sites is 1. The van der Waals surface area contributed by atoms with Crippen LogP contribution in [0, 0.1) is 17.8 Å². The van der Waals surface area contributed by atoms with Crippen molar-refractivity contribution >= 4 is 23.4 Å². The number of fused-ring (bicyclic) bond motifs is 1. The van der Waals surface area contributed by atoms with E-state index in [0.29, 0.717) is 45.6 Å². The summed E-state index contributed by atoms with van der Waals surface area (Å²) in [4.78, 5) is 46.2. The number of nitrogens with zero attached hydrogens (tertiary/aromatic N) is 3. The van der Waals surface area contributed by atoms with Gasteiger partial charge in [-0.1, -0.05) is 31.0 Å². The van der Waals surface area contributed by atoms with Crippen molar-refractivity contribution in [3.05, 3.63) is 29.8 Å². The van der Waals surface area contributed by atoms with Gasteiger partial charge >= 0.3 is 0 Å². The lowest BCUT2D eigenvalue weighted by Gasteiger charge is -2.41. The lowest BCUT2D eigenvalue weighted by atomic mass is 9.77. The molecule has 3 heterocycles. The molecule has 0 aromatic heterocycles. The molecule has 190 valence electrons. The Labute approximate surface area is 208 Å². The van der Waals surface area contributed by atoms with Crippen LogP contribution in [0.15, 0.2) is 24.3 Å². The normalized spacial score (nSPS) is 29.7. The fraction of sp³-hybridized carbons (Fsp3) is 0.679. The number of piperidine rings is 1. The summed E-state index contributed by atoms with van der Waals surface area (Å²) in [5, 5.41) is 0. The molecule has 0 N–H and O–H groups in total. The third-order valence-electron chi connectivity index (χ3n) is 8.44. The highest BCUT2D eigenvalue weighted by Crippen LogP contribution is 2.37. The maximum absolute atomic E-state index is 13.6. The average Bonchev–Trinajstić information content (AvgIpc) is 3.31. The zero-order chi connectivity index (χ0) is 24.5. The summed E-state index contributed by atoms with van der Waals surface area (Å²) < 4.78 is 5.78. The van der Waals surface area contributed by atoms with Crippen LogP contribution in [0.2, 0.25) is 0 Å². The minimum Gasteiger partial charge on any atom is -0.372 e. The summed E-state index contributed by atoms with van der Waals surface area (Å²) in [5.74, 6) is -0.0575. The van der Waals surface area contributed by atoms with Crippen molar-refractivity contribution in [1.29, 1.82) is 0 Å². The Hall–Kier alpha value is -2.41. The number of amides is 3. The molecule has 2 saturated heterocycles. The minimum atomic E-state index is -0.239. The number of ether oxygens (including phenoxy) is 1. The van der Waals surface area contributed by atoms with Gasteiger partial charge in [-0.15, -0.1) is 0 Å². The van der Waals surface area contributed by atoms with Crippen molar-refractivity contribution in [2.75, 3.05) is 37.6 Å². The van der Waals surface area contributed by atoms with Crippen LogP contribution in [0.1, 0.15) is 57.9 Å². The number of likely N-dealkylation sites (tertiary alicyclic amines) is 1. The second-order valence-electron chi connectivity index (χ2n) is 11.0. The lowest BCUT2D eigenvalue weighted by molar-refractivity contribution is -0.151. The van der Waals surface area contributed by atoms with Gasteiger partial charge < -0.3 is 19.4 Å². The first kappa shape index (κ1) is 24.3. The van der Waals surface area contributed by atoms with Crippen molar-refractivity contribution in [1.82, 2.24) is 9.80 Å². The number of morpholine rings is 1. The number of anilines is 1. The van der Waals surface area contributed by atoms with Crippen molar-refractivity contribution in [3.8, 4) is 0 Å². The molecule has 3 fully saturated rings. The van der Waals surface area contributed by atoms with Gasteiger partial charge in [-0.25, -0.2) is 0 Å². The number of benzene rings is 1. The molecule has 4 aliphatic rings. The van der Waals surface area contributed by atoms with Gasteiger partial charge in [-0.05, 0) is 57.6 Å². The molecule has 1 aliphatic carbocycles. The monoisotopic (exact) mass is 481 g/mol. The molecule has 1 aromatic carbocycles. The first-order valence-corrected chi connectivity index (χ1v) is 13.5. The highest BCUT2D eigenvalue weighted by atomic mass is 16.5. The smallest absolute Gasteiger partial charge is 0.230 e. The zero-order valence-electron chi connectivity index (χ0n) is 21.2. The van der Waals surface area contributed by atoms with Gasteiger partial charge in [0.1, 0.15) is 0 Å². The Kier molecular flexibility index (Phi) is 7.14. The number of rotatable bonds is 3. The molecule has 1 saturated carbocycles. The van der Waals surface area contributed by atoms with Crippen LogP contribution >= 0.6 is 0 Å². The predicted molar refractivity (Wildman–Crippen MR) is 134 cm³/mol. The molecular formula is C28H39N3O4. The summed E-state index contributed by atoms with van der Waals surface area (Å²) in [5.41, 5.74) is 2.23. The zero-order valence-corrected chi connectivity index (χ0v) is 21.2. The summed E-state index contributed by atoms with van der Waals surface area (Å²) >= 11 is 0. The van der Waals surface area contributed by atoms with Crippen LogP contribution in [0.3, 0.4) is 0 Å². The Morgan fingerprint density at radius 2 is 1.40 bits per heavy atom. The summed E-state index contributed by atoms with van der Waals surface area (Å²) in [7, 11) is 0. The summed E-state index contributed by atoms with van der Waals surface area (Å²) in [6, 6.07) is 8.12. The van der Waals surface area contributed by atoms with Gasteiger partial charge in [0.25, 0.3) is 0 Å². The van der Waals surface area contributed by atoms with Crippen LogP contribution in [0.4, 0.5) is 5.69 Å². The Balaban J connectivity index is 1.20. The van der Waals surface area contributed by atoms with E-state index in [9.17, 15) is 14.4 Å². The second-order valence-corrected chi connectivity index (χ2v) is 11.0. The largest absolute Gasteiger partial charge is 0.372 e. The summed E-state index contributed by atoms with van der Waals surface area (Å²) in [6.07, 6.45) is 5.99. The molecule has 1 aromatic rings. The van der Waals surface area contributed by atoms with E-state index in [4.69, 9.17) is 4.74 Å². The van der Waals surface area contributed by atoms with Crippen molar-refractivity contribution in [3.63, 3.8) is 0 Å². The molecule has 3 amide bonds. The SMILES string of the molecule is CC1CN(C(=O)C2CCN(C(=O)C3CCCCC3C(=O)N3CCc4ccccc43)CC2)CC(C)O1. The van der Waals surface area contributed by atoms with Gasteiger partial charge in [0, 0.05) is 50.2 Å². The molecule has 0 bridgehead atoms. The van der Waals surface area contributed by atoms with Crippen LogP contribution in [-0.2, 0) is 25.5 Å². The van der Waals surface area contributed by atoms with E-state index in [2.05, 4.69) is 6.07 Å². The first-order chi connectivity index (χ1) is 16.9. The quantitative estimate of drug-likeness (QED) is 0.665. The maximum atomic E-state index is 13.6. The molecule has 7 nitrogen and oxygen atoms in total. The highest BCUT2D eigenvalue weighted by molar-refractivity contribution is 5.99. The van der Waals surface area contributed by atoms with Crippen molar-refractivity contribution in [2.45, 2.75) is 71.0 Å². The first-order valence-electron chi connectivity index (χ1n) is 13.5. The van der Waals surface area contributed by atoms with Crippen LogP contribution in [0.5, 0.6) is 0 Å². The van der Waals surface area contributed by atoms with Gasteiger partial charge in [0.2, 0.25) is 17.7 Å². The molecule has 7 heteroatoms. The Bertz CT molecular complexity index is 947. The number of hydrogen-bond donors (Lipinski definition) is 0. The van der Waals surface area contributed by atoms with E-state index in [1.165, 1.54) is 5.56 Å². The molecule has 4 unspecified atom stereocenters. The van der Waals surface area contributed by atoms with Gasteiger partial charge in [-0.2, -0.15) is 0 Å². The number of hydrogen-bond acceptors (Lipinski definition) is 4. The topological polar surface area (TPSA) is 70.2 Å². The standard InChI is InChI=1S/C28H39N3O4/c1-19-17-30(18-20(2)35-19)26(32)22-11-14-29(15-12-22)27(33)23-8-4-5-9-24(23)28(34)31-16-13-21-7-3-6-10-25(21)31/h3,6-7,10,19-20,22-24H,4-5,8-9,11-18H2,1-2H3. The van der Waals surface area contributed by atoms with E-state index in [1.807, 2.05) is 46.7 Å². The van der Waals surface area contributed by atoms with E-state index < -0.39 is 0 Å². The van der Waals surface area contributed by atoms with E-state index in [0.717, 1.165) is 37.8 Å². The van der Waals surface area contributed by atoms with E-state index in [-0.39, 0.29) is 47.7 Å². The molecule has 0 radical (unpaired) electrons. The van der Waals surface area contributed by atoms with Crippen LogP contribution < -0.4 is 4.90 Å². The van der Waals surface area contributed by atoms with Crippen LogP contribution in [0.25, 0.3) is 0 Å². The molecule has 3 aliphatic heterocycles. The fourth-order valence-electron chi connectivity index (χ4n) is 6.69. The van der Waals surface area contributed by atoms with Gasteiger partial charge in [0.05, 0.1) is 18.1 Å². The van der Waals surface area contributed by atoms with E-state index >= 15 is 0 Å². The Morgan fingerprint density at radius 1 is 0.771 bits per heavy atom. The highest BCUT2D eigenvalue weighted by Gasteiger charge is 2.42. The minimum absolute atomic E-state index is 0.0264. The molecule has 35 heavy (non-hydrogen) atoms. The van der Waals surface area contributed by atoms with Crippen molar-refractivity contribution < 1.29 is 19.1 Å². The molecular weight excluding hydrogens is 442 g/mol. The van der Waals surface area contributed by atoms with Crippen LogP contribution in [-0.4, -0.2) is 72.5 Å². The number of carbonyl (C=O) groups is 3. The van der Waals surface area contributed by atoms with Crippen molar-refractivity contribution in [2.24, 2.45) is 17.8 Å². The summed E-state index contributed by atoms with van der Waals surface area (Å²) in [6.45, 7) is 7.24. The average molecular weight is 482 g/mol. The lowest BCUT2D eigenvalue weighted by Crippen LogP contribution is -2.53. The maximum Gasteiger partial charge on any atom is 0.230 e. The fourth-order valence-corrected chi connectivity index (χ4v) is 6.69. The Morgan fingerprint density at radius 3 is 2.09 bits per heavy atom. The number of carbonyl (C=O) groups excluding carboxylic acids is 3. The second kappa shape index (κ2) is 10.3. The third-order valence-corrected chi connectivity index (χ3v) is 8.44. The van der Waals surface area contributed by atoms with Gasteiger partial charge in [-0.3, -0.25) is 14.4 Å². The molecule has 5 rings (SSSR count).